The van der Waals surface area contributed by atoms with Gasteiger partial charge in [-0.25, -0.2) is 8.78 Å². The Bertz CT molecular complexity index is 812. The molecule has 0 aliphatic carbocycles. The van der Waals surface area contributed by atoms with Gasteiger partial charge in [-0.15, -0.1) is 0 Å². The van der Waals surface area contributed by atoms with Crippen molar-refractivity contribution in [1.29, 1.82) is 0 Å². The standard InChI is InChI=1S/C20H23F2NO3S/c1-5-25-17-8-6-7-16(23-20(27)24-4)15(17)11-26-18-10-13(3)12(2)9-14(18)19(21)22/h6-10,19H,5,11H2,1-4H3,(H,23,27). The van der Waals surface area contributed by atoms with Gasteiger partial charge in [-0.2, -0.15) is 0 Å². The van der Waals surface area contributed by atoms with E-state index in [9.17, 15) is 8.78 Å². The van der Waals surface area contributed by atoms with E-state index < -0.39 is 6.43 Å². The summed E-state index contributed by atoms with van der Waals surface area (Å²) >= 11 is 5.05. The summed E-state index contributed by atoms with van der Waals surface area (Å²) in [5, 5.41) is 3.14. The normalized spacial score (nSPS) is 10.6. The molecule has 146 valence electrons. The third-order valence-electron chi connectivity index (χ3n) is 4.09. The van der Waals surface area contributed by atoms with E-state index in [2.05, 4.69) is 5.32 Å². The molecule has 0 atom stereocenters. The Hall–Kier alpha value is -2.41. The highest BCUT2D eigenvalue weighted by Gasteiger charge is 2.18. The smallest absolute Gasteiger partial charge is 0.267 e. The lowest BCUT2D eigenvalue weighted by atomic mass is 10.1. The van der Waals surface area contributed by atoms with Crippen molar-refractivity contribution in [2.75, 3.05) is 19.0 Å². The SMILES string of the molecule is CCOc1cccc(NC(=S)OC)c1COc1cc(C)c(C)cc1C(F)F. The molecule has 0 amide bonds. The first-order valence-corrected chi connectivity index (χ1v) is 8.89. The number of hydrogen-bond acceptors (Lipinski definition) is 4. The fourth-order valence-corrected chi connectivity index (χ4v) is 2.65. The Morgan fingerprint density at radius 1 is 1.11 bits per heavy atom. The summed E-state index contributed by atoms with van der Waals surface area (Å²) in [5.41, 5.74) is 2.84. The predicted octanol–water partition coefficient (Wildman–Crippen LogP) is 5.56. The van der Waals surface area contributed by atoms with Crippen LogP contribution in [0.25, 0.3) is 0 Å². The summed E-state index contributed by atoms with van der Waals surface area (Å²) in [4.78, 5) is 0. The number of thiocarbonyl (C=S) groups is 1. The molecule has 0 aliphatic rings. The average molecular weight is 395 g/mol. The molecule has 27 heavy (non-hydrogen) atoms. The molecule has 4 nitrogen and oxygen atoms in total. The number of alkyl halides is 2. The van der Waals surface area contributed by atoms with Crippen LogP contribution in [-0.2, 0) is 11.3 Å². The summed E-state index contributed by atoms with van der Waals surface area (Å²) < 4.78 is 43.2. The second-order valence-corrected chi connectivity index (χ2v) is 6.27. The topological polar surface area (TPSA) is 39.7 Å². The zero-order valence-electron chi connectivity index (χ0n) is 15.8. The van der Waals surface area contributed by atoms with Gasteiger partial charge < -0.3 is 19.5 Å². The van der Waals surface area contributed by atoms with Gasteiger partial charge in [0, 0.05) is 0 Å². The lowest BCUT2D eigenvalue weighted by Crippen LogP contribution is -2.14. The second-order valence-electron chi connectivity index (χ2n) is 5.90. The molecule has 0 spiro atoms. The lowest BCUT2D eigenvalue weighted by molar-refractivity contribution is 0.144. The van der Waals surface area contributed by atoms with E-state index in [1.165, 1.54) is 13.2 Å². The average Bonchev–Trinajstić information content (AvgIpc) is 2.63. The minimum absolute atomic E-state index is 0.0348. The number of ether oxygens (including phenoxy) is 3. The third-order valence-corrected chi connectivity index (χ3v) is 4.36. The van der Waals surface area contributed by atoms with Crippen molar-refractivity contribution in [3.05, 3.63) is 52.6 Å². The van der Waals surface area contributed by atoms with E-state index in [0.29, 0.717) is 23.6 Å². The third kappa shape index (κ3) is 5.29. The quantitative estimate of drug-likeness (QED) is 0.621. The molecular weight excluding hydrogens is 372 g/mol. The molecule has 2 aromatic rings. The molecule has 0 saturated heterocycles. The number of hydrogen-bond donors (Lipinski definition) is 1. The van der Waals surface area contributed by atoms with Gasteiger partial charge in [0.25, 0.3) is 11.6 Å². The highest BCUT2D eigenvalue weighted by Crippen LogP contribution is 2.34. The number of methoxy groups -OCH3 is 1. The number of rotatable bonds is 7. The van der Waals surface area contributed by atoms with Crippen LogP contribution in [0.5, 0.6) is 11.5 Å². The van der Waals surface area contributed by atoms with Crippen molar-refractivity contribution in [3.8, 4) is 11.5 Å². The van der Waals surface area contributed by atoms with Crippen molar-refractivity contribution in [2.45, 2.75) is 33.8 Å². The zero-order valence-corrected chi connectivity index (χ0v) is 16.6. The molecule has 0 fully saturated rings. The molecule has 7 heteroatoms. The van der Waals surface area contributed by atoms with Gasteiger partial charge in [0.15, 0.2) is 0 Å². The highest BCUT2D eigenvalue weighted by molar-refractivity contribution is 7.80. The fourth-order valence-electron chi connectivity index (χ4n) is 2.54. The number of halogens is 2. The molecular formula is C20H23F2NO3S. The van der Waals surface area contributed by atoms with Gasteiger partial charge in [0.05, 0.1) is 30.5 Å². The number of aryl methyl sites for hydroxylation is 2. The van der Waals surface area contributed by atoms with Crippen LogP contribution in [-0.4, -0.2) is 18.9 Å². The zero-order chi connectivity index (χ0) is 20.0. The van der Waals surface area contributed by atoms with Crippen molar-refractivity contribution in [1.82, 2.24) is 0 Å². The van der Waals surface area contributed by atoms with Gasteiger partial charge in [0.1, 0.15) is 18.1 Å². The predicted molar refractivity (Wildman–Crippen MR) is 106 cm³/mol. The molecule has 1 N–H and O–H groups in total. The monoisotopic (exact) mass is 395 g/mol. The Balaban J connectivity index is 2.36. The van der Waals surface area contributed by atoms with Crippen LogP contribution >= 0.6 is 12.2 Å². The molecule has 0 radical (unpaired) electrons. The summed E-state index contributed by atoms with van der Waals surface area (Å²) in [5.74, 6) is 0.739. The summed E-state index contributed by atoms with van der Waals surface area (Å²) in [6, 6.07) is 8.48. The summed E-state index contributed by atoms with van der Waals surface area (Å²) in [6.07, 6.45) is -2.62. The first-order chi connectivity index (χ1) is 12.9. The van der Waals surface area contributed by atoms with Crippen LogP contribution in [0.15, 0.2) is 30.3 Å². The lowest BCUT2D eigenvalue weighted by Gasteiger charge is -2.18. The minimum atomic E-state index is -2.62. The van der Waals surface area contributed by atoms with Crippen LogP contribution in [0.1, 0.15) is 35.6 Å². The van der Waals surface area contributed by atoms with E-state index in [4.69, 9.17) is 26.4 Å². The molecule has 2 aromatic carbocycles. The van der Waals surface area contributed by atoms with Crippen molar-refractivity contribution < 1.29 is 23.0 Å². The van der Waals surface area contributed by atoms with Crippen LogP contribution < -0.4 is 14.8 Å². The van der Waals surface area contributed by atoms with Gasteiger partial charge in [-0.1, -0.05) is 6.07 Å². The van der Waals surface area contributed by atoms with E-state index in [1.54, 1.807) is 31.2 Å². The van der Waals surface area contributed by atoms with Crippen molar-refractivity contribution in [2.24, 2.45) is 0 Å². The van der Waals surface area contributed by atoms with Gasteiger partial charge in [-0.05, 0) is 68.4 Å². The number of nitrogens with one attached hydrogen (secondary N) is 1. The molecule has 0 bridgehead atoms. The minimum Gasteiger partial charge on any atom is -0.493 e. The van der Waals surface area contributed by atoms with Crippen LogP contribution in [0.2, 0.25) is 0 Å². The summed E-state index contributed by atoms with van der Waals surface area (Å²) in [6.45, 7) is 6.01. The van der Waals surface area contributed by atoms with Crippen LogP contribution in [0.4, 0.5) is 14.5 Å². The first kappa shape index (κ1) is 20.9. The molecule has 0 unspecified atom stereocenters. The second kappa shape index (κ2) is 9.50. The highest BCUT2D eigenvalue weighted by atomic mass is 32.1. The Morgan fingerprint density at radius 3 is 2.44 bits per heavy atom. The Labute approximate surface area is 163 Å². The van der Waals surface area contributed by atoms with Crippen molar-refractivity contribution >= 4 is 23.1 Å². The molecule has 0 aliphatic heterocycles. The molecule has 0 saturated carbocycles. The van der Waals surface area contributed by atoms with Gasteiger partial charge in [-0.3, -0.25) is 0 Å². The van der Waals surface area contributed by atoms with Crippen molar-refractivity contribution in [3.63, 3.8) is 0 Å². The largest absolute Gasteiger partial charge is 0.493 e. The van der Waals surface area contributed by atoms with E-state index in [1.807, 2.05) is 13.8 Å². The summed E-state index contributed by atoms with van der Waals surface area (Å²) in [7, 11) is 1.46. The van der Waals surface area contributed by atoms with Gasteiger partial charge in [0.2, 0.25) is 0 Å². The Morgan fingerprint density at radius 2 is 1.81 bits per heavy atom. The van der Waals surface area contributed by atoms with Crippen LogP contribution in [0, 0.1) is 13.8 Å². The fraction of sp³-hybridized carbons (Fsp3) is 0.350. The number of anilines is 1. The van der Waals surface area contributed by atoms with E-state index in [0.717, 1.165) is 11.1 Å². The maximum absolute atomic E-state index is 13.4. The molecule has 0 aromatic heterocycles. The van der Waals surface area contributed by atoms with E-state index in [-0.39, 0.29) is 23.1 Å². The van der Waals surface area contributed by atoms with E-state index >= 15 is 0 Å². The first-order valence-electron chi connectivity index (χ1n) is 8.49. The van der Waals surface area contributed by atoms with Gasteiger partial charge >= 0.3 is 0 Å². The molecule has 0 heterocycles. The Kier molecular flexibility index (Phi) is 7.36. The van der Waals surface area contributed by atoms with Crippen LogP contribution in [0.3, 0.4) is 0 Å². The maximum atomic E-state index is 13.4. The maximum Gasteiger partial charge on any atom is 0.267 e. The number of benzene rings is 2. The molecule has 2 rings (SSSR count).